The smallest absolute Gasteiger partial charge is 0.347 e. The lowest BCUT2D eigenvalue weighted by molar-refractivity contribution is -0.167. The van der Waals surface area contributed by atoms with Gasteiger partial charge in [0.1, 0.15) is 5.78 Å². The molecular formula is C13H22O5. The molecule has 18 heavy (non-hydrogen) atoms. The van der Waals surface area contributed by atoms with Gasteiger partial charge in [0.05, 0.1) is 7.11 Å². The number of Topliss-reactive ketones (excluding diaryl/α,β-unsaturated/α-hetero) is 1. The Hall–Kier alpha value is -1.39. The average molecular weight is 258 g/mol. The number of carbonyl (C=O) groups excluding carboxylic acids is 3. The molecule has 1 atom stereocenters. The fourth-order valence-electron chi connectivity index (χ4n) is 1.45. The standard InChI is InChI=1S/C13H22O5/c1-9(2)8-11(13(16)17-4)18-12(15)7-5-6-10(3)14/h9,11H,5-8H2,1-4H3. The number of methoxy groups -OCH3 is 1. The molecule has 0 fully saturated rings. The summed E-state index contributed by atoms with van der Waals surface area (Å²) in [5.74, 6) is -0.746. The zero-order valence-electron chi connectivity index (χ0n) is 11.5. The summed E-state index contributed by atoms with van der Waals surface area (Å²) in [6, 6.07) is 0. The molecule has 0 aliphatic heterocycles. The minimum absolute atomic E-state index is 0.0366. The van der Waals surface area contributed by atoms with Crippen molar-refractivity contribution in [2.75, 3.05) is 7.11 Å². The van der Waals surface area contributed by atoms with E-state index in [-0.39, 0.29) is 18.1 Å². The minimum atomic E-state index is -0.847. The van der Waals surface area contributed by atoms with Gasteiger partial charge in [-0.25, -0.2) is 4.79 Å². The zero-order chi connectivity index (χ0) is 14.1. The Bertz CT molecular complexity index is 296. The van der Waals surface area contributed by atoms with Crippen LogP contribution in [0.15, 0.2) is 0 Å². The molecule has 0 spiro atoms. The highest BCUT2D eigenvalue weighted by Crippen LogP contribution is 2.11. The molecule has 0 rings (SSSR count). The second-order valence-corrected chi connectivity index (χ2v) is 4.69. The van der Waals surface area contributed by atoms with E-state index in [4.69, 9.17) is 4.74 Å². The highest BCUT2D eigenvalue weighted by atomic mass is 16.6. The third-order valence-electron chi connectivity index (χ3n) is 2.33. The minimum Gasteiger partial charge on any atom is -0.466 e. The van der Waals surface area contributed by atoms with E-state index < -0.39 is 18.0 Å². The largest absolute Gasteiger partial charge is 0.466 e. The molecule has 1 unspecified atom stereocenters. The summed E-state index contributed by atoms with van der Waals surface area (Å²) in [5.41, 5.74) is 0. The Kier molecular flexibility index (Phi) is 8.00. The van der Waals surface area contributed by atoms with E-state index in [2.05, 4.69) is 4.74 Å². The Morgan fingerprint density at radius 1 is 1.11 bits per heavy atom. The molecule has 0 aliphatic rings. The van der Waals surface area contributed by atoms with Crippen molar-refractivity contribution in [3.8, 4) is 0 Å². The van der Waals surface area contributed by atoms with Crippen molar-refractivity contribution in [1.82, 2.24) is 0 Å². The molecule has 5 heteroatoms. The van der Waals surface area contributed by atoms with E-state index in [1.807, 2.05) is 13.8 Å². The van der Waals surface area contributed by atoms with Crippen LogP contribution in [0.1, 0.15) is 46.5 Å². The Morgan fingerprint density at radius 3 is 2.17 bits per heavy atom. The van der Waals surface area contributed by atoms with E-state index in [1.165, 1.54) is 14.0 Å². The average Bonchev–Trinajstić information content (AvgIpc) is 2.25. The molecule has 0 N–H and O–H groups in total. The van der Waals surface area contributed by atoms with Crippen molar-refractivity contribution >= 4 is 17.7 Å². The number of hydrogen-bond donors (Lipinski definition) is 0. The van der Waals surface area contributed by atoms with Gasteiger partial charge in [0.25, 0.3) is 0 Å². The topological polar surface area (TPSA) is 69.7 Å². The fraction of sp³-hybridized carbons (Fsp3) is 0.769. The fourth-order valence-corrected chi connectivity index (χ4v) is 1.45. The van der Waals surface area contributed by atoms with Gasteiger partial charge in [0, 0.05) is 12.8 Å². The summed E-state index contributed by atoms with van der Waals surface area (Å²) in [5, 5.41) is 0. The summed E-state index contributed by atoms with van der Waals surface area (Å²) in [7, 11) is 1.26. The Balaban J connectivity index is 4.18. The SMILES string of the molecule is COC(=O)C(CC(C)C)OC(=O)CCCC(C)=O. The summed E-state index contributed by atoms with van der Waals surface area (Å²) >= 11 is 0. The van der Waals surface area contributed by atoms with Crippen LogP contribution in [0.3, 0.4) is 0 Å². The summed E-state index contributed by atoms with van der Waals surface area (Å²) in [6.45, 7) is 5.33. The van der Waals surface area contributed by atoms with E-state index in [1.54, 1.807) is 0 Å². The molecule has 0 saturated carbocycles. The molecule has 0 aromatic carbocycles. The summed E-state index contributed by atoms with van der Waals surface area (Å²) in [6.07, 6.45) is 0.530. The number of hydrogen-bond acceptors (Lipinski definition) is 5. The third-order valence-corrected chi connectivity index (χ3v) is 2.33. The monoisotopic (exact) mass is 258 g/mol. The van der Waals surface area contributed by atoms with Crippen molar-refractivity contribution in [1.29, 1.82) is 0 Å². The number of rotatable bonds is 8. The van der Waals surface area contributed by atoms with Crippen LogP contribution in [0.25, 0.3) is 0 Å². The Labute approximate surface area is 108 Å². The lowest BCUT2D eigenvalue weighted by Crippen LogP contribution is -2.29. The van der Waals surface area contributed by atoms with Gasteiger partial charge in [-0.15, -0.1) is 0 Å². The van der Waals surface area contributed by atoms with Gasteiger partial charge in [0.15, 0.2) is 6.10 Å². The second-order valence-electron chi connectivity index (χ2n) is 4.69. The first-order valence-electron chi connectivity index (χ1n) is 6.13. The van der Waals surface area contributed by atoms with E-state index in [0.29, 0.717) is 19.3 Å². The maximum absolute atomic E-state index is 11.5. The van der Waals surface area contributed by atoms with Crippen molar-refractivity contribution < 1.29 is 23.9 Å². The molecule has 0 aliphatic carbocycles. The van der Waals surface area contributed by atoms with Crippen LogP contribution in [0.5, 0.6) is 0 Å². The molecule has 0 radical (unpaired) electrons. The van der Waals surface area contributed by atoms with Gasteiger partial charge in [-0.3, -0.25) is 4.79 Å². The third kappa shape index (κ3) is 7.81. The highest BCUT2D eigenvalue weighted by molar-refractivity contribution is 5.80. The van der Waals surface area contributed by atoms with E-state index in [0.717, 1.165) is 0 Å². The molecule has 0 heterocycles. The van der Waals surface area contributed by atoms with Crippen molar-refractivity contribution in [3.63, 3.8) is 0 Å². The molecule has 0 aromatic heterocycles. The first-order valence-corrected chi connectivity index (χ1v) is 6.13. The Morgan fingerprint density at radius 2 is 1.72 bits per heavy atom. The summed E-state index contributed by atoms with van der Waals surface area (Å²) < 4.78 is 9.66. The first kappa shape index (κ1) is 16.6. The van der Waals surface area contributed by atoms with E-state index >= 15 is 0 Å². The van der Waals surface area contributed by atoms with Gasteiger partial charge in [-0.1, -0.05) is 13.8 Å². The molecule has 0 bridgehead atoms. The van der Waals surface area contributed by atoms with Gasteiger partial charge in [0.2, 0.25) is 0 Å². The van der Waals surface area contributed by atoms with Crippen LogP contribution in [0.2, 0.25) is 0 Å². The molecule has 0 aromatic rings. The summed E-state index contributed by atoms with van der Waals surface area (Å²) in [4.78, 5) is 33.6. The quantitative estimate of drug-likeness (QED) is 0.622. The number of esters is 2. The predicted molar refractivity (Wildman–Crippen MR) is 65.9 cm³/mol. The van der Waals surface area contributed by atoms with Gasteiger partial charge in [-0.05, 0) is 25.7 Å². The first-order chi connectivity index (χ1) is 8.36. The highest BCUT2D eigenvalue weighted by Gasteiger charge is 2.24. The van der Waals surface area contributed by atoms with E-state index in [9.17, 15) is 14.4 Å². The van der Waals surface area contributed by atoms with Gasteiger partial charge < -0.3 is 14.3 Å². The van der Waals surface area contributed by atoms with Crippen molar-refractivity contribution in [3.05, 3.63) is 0 Å². The van der Waals surface area contributed by atoms with Crippen molar-refractivity contribution in [2.24, 2.45) is 5.92 Å². The maximum atomic E-state index is 11.5. The van der Waals surface area contributed by atoms with Crippen LogP contribution >= 0.6 is 0 Å². The van der Waals surface area contributed by atoms with Gasteiger partial charge in [-0.2, -0.15) is 0 Å². The second kappa shape index (κ2) is 8.66. The molecule has 104 valence electrons. The molecule has 0 amide bonds. The van der Waals surface area contributed by atoms with Crippen LogP contribution in [-0.4, -0.2) is 30.9 Å². The normalized spacial score (nSPS) is 12.1. The maximum Gasteiger partial charge on any atom is 0.347 e. The molecular weight excluding hydrogens is 236 g/mol. The lowest BCUT2D eigenvalue weighted by atomic mass is 10.1. The number of ether oxygens (including phenoxy) is 2. The molecule has 0 saturated heterocycles. The zero-order valence-corrected chi connectivity index (χ0v) is 11.5. The van der Waals surface area contributed by atoms with Crippen molar-refractivity contribution in [2.45, 2.75) is 52.6 Å². The number of ketones is 1. The predicted octanol–water partition coefficient (Wildman–Crippen LogP) is 1.88. The lowest BCUT2D eigenvalue weighted by Gasteiger charge is -2.17. The van der Waals surface area contributed by atoms with Crippen LogP contribution in [0.4, 0.5) is 0 Å². The van der Waals surface area contributed by atoms with Crippen LogP contribution in [-0.2, 0) is 23.9 Å². The van der Waals surface area contributed by atoms with Gasteiger partial charge >= 0.3 is 11.9 Å². The number of carbonyl (C=O) groups is 3. The van der Waals surface area contributed by atoms with Crippen LogP contribution < -0.4 is 0 Å². The van der Waals surface area contributed by atoms with Crippen LogP contribution in [0, 0.1) is 5.92 Å². The molecule has 5 nitrogen and oxygen atoms in total.